The van der Waals surface area contributed by atoms with Gasteiger partial charge in [0, 0.05) is 24.8 Å². The molecule has 0 radical (unpaired) electrons. The average Bonchev–Trinajstić information content (AvgIpc) is 2.78. The maximum Gasteiger partial charge on any atom is 0.339 e. The minimum Gasteiger partial charge on any atom is -0.507 e. The molecular weight excluding hydrogens is 290 g/mol. The number of ether oxygens (including phenoxy) is 1. The molecule has 2 amide bonds. The molecule has 1 heterocycles. The predicted molar refractivity (Wildman–Crippen MR) is 75.7 cm³/mol. The summed E-state index contributed by atoms with van der Waals surface area (Å²) in [5.41, 5.74) is -0.189. The van der Waals surface area contributed by atoms with Crippen LogP contribution in [0.2, 0.25) is 0 Å². The fourth-order valence-corrected chi connectivity index (χ4v) is 2.00. The summed E-state index contributed by atoms with van der Waals surface area (Å²) in [6, 6.07) is 3.96. The number of nitrogens with zero attached hydrogens (tertiary/aromatic N) is 1. The molecule has 1 aliphatic rings. The van der Waals surface area contributed by atoms with Gasteiger partial charge >= 0.3 is 5.97 Å². The molecule has 0 saturated heterocycles. The molecule has 1 aliphatic heterocycles. The van der Waals surface area contributed by atoms with Gasteiger partial charge in [-0.25, -0.2) is 4.79 Å². The van der Waals surface area contributed by atoms with Crippen LogP contribution < -0.4 is 4.74 Å². The molecular formula is C15H15NO6. The fourth-order valence-electron chi connectivity index (χ4n) is 2.00. The molecule has 116 valence electrons. The van der Waals surface area contributed by atoms with Gasteiger partial charge in [-0.15, -0.1) is 0 Å². The second-order valence-corrected chi connectivity index (χ2v) is 4.70. The second-order valence-electron chi connectivity index (χ2n) is 4.70. The maximum atomic E-state index is 11.3. The molecule has 7 heteroatoms. The highest BCUT2D eigenvalue weighted by Crippen LogP contribution is 2.23. The van der Waals surface area contributed by atoms with Crippen molar-refractivity contribution in [1.82, 2.24) is 4.90 Å². The van der Waals surface area contributed by atoms with E-state index in [4.69, 9.17) is 9.84 Å². The molecule has 0 spiro atoms. The van der Waals surface area contributed by atoms with Gasteiger partial charge in [-0.3, -0.25) is 14.5 Å². The zero-order valence-electron chi connectivity index (χ0n) is 11.7. The van der Waals surface area contributed by atoms with Crippen LogP contribution in [0.5, 0.6) is 11.5 Å². The lowest BCUT2D eigenvalue weighted by atomic mass is 10.2. The van der Waals surface area contributed by atoms with E-state index in [0.29, 0.717) is 31.7 Å². The standard InChI is InChI=1S/C15H15NO6/c17-12-9-10(3-4-11(12)15(20)21)22-8-2-1-7-16-13(18)5-6-14(16)19/h3-6,9,17H,1-2,7-8H2,(H,20,21). The van der Waals surface area contributed by atoms with E-state index in [9.17, 15) is 19.5 Å². The third-order valence-corrected chi connectivity index (χ3v) is 3.14. The third kappa shape index (κ3) is 3.63. The molecule has 22 heavy (non-hydrogen) atoms. The largest absolute Gasteiger partial charge is 0.507 e. The van der Waals surface area contributed by atoms with E-state index in [0.717, 1.165) is 4.90 Å². The maximum absolute atomic E-state index is 11.3. The molecule has 0 atom stereocenters. The van der Waals surface area contributed by atoms with E-state index in [2.05, 4.69) is 0 Å². The summed E-state index contributed by atoms with van der Waals surface area (Å²) in [4.78, 5) is 34.5. The van der Waals surface area contributed by atoms with Crippen LogP contribution in [0.15, 0.2) is 30.4 Å². The Balaban J connectivity index is 1.73. The number of carbonyl (C=O) groups is 3. The molecule has 1 aromatic carbocycles. The number of unbranched alkanes of at least 4 members (excludes halogenated alkanes) is 1. The number of rotatable bonds is 7. The number of hydrogen-bond acceptors (Lipinski definition) is 5. The minimum absolute atomic E-state index is 0.189. The lowest BCUT2D eigenvalue weighted by Gasteiger charge is -2.13. The Kier molecular flexibility index (Phi) is 4.77. The van der Waals surface area contributed by atoms with Crippen LogP contribution in [0, 0.1) is 0 Å². The summed E-state index contributed by atoms with van der Waals surface area (Å²) in [7, 11) is 0. The molecule has 0 unspecified atom stereocenters. The monoisotopic (exact) mass is 305 g/mol. The number of aromatic carboxylic acids is 1. The van der Waals surface area contributed by atoms with Crippen LogP contribution in [0.25, 0.3) is 0 Å². The summed E-state index contributed by atoms with van der Waals surface area (Å²) in [6.45, 7) is 0.659. The lowest BCUT2D eigenvalue weighted by molar-refractivity contribution is -0.136. The van der Waals surface area contributed by atoms with Crippen LogP contribution in [0.3, 0.4) is 0 Å². The Hall–Kier alpha value is -2.83. The second kappa shape index (κ2) is 6.75. The summed E-state index contributed by atoms with van der Waals surface area (Å²) >= 11 is 0. The number of phenols is 1. The van der Waals surface area contributed by atoms with E-state index < -0.39 is 5.97 Å². The Bertz CT molecular complexity index is 619. The van der Waals surface area contributed by atoms with Crippen molar-refractivity contribution >= 4 is 17.8 Å². The Labute approximate surface area is 126 Å². The average molecular weight is 305 g/mol. The van der Waals surface area contributed by atoms with Crippen molar-refractivity contribution in [3.05, 3.63) is 35.9 Å². The van der Waals surface area contributed by atoms with Gasteiger partial charge in [0.25, 0.3) is 11.8 Å². The molecule has 1 aromatic rings. The number of carboxylic acid groups (broad SMARTS) is 1. The summed E-state index contributed by atoms with van der Waals surface area (Å²) in [5, 5.41) is 18.3. The molecule has 0 aromatic heterocycles. The van der Waals surface area contributed by atoms with Crippen molar-refractivity contribution in [1.29, 1.82) is 0 Å². The molecule has 7 nitrogen and oxygen atoms in total. The van der Waals surface area contributed by atoms with E-state index >= 15 is 0 Å². The van der Waals surface area contributed by atoms with E-state index in [1.807, 2.05) is 0 Å². The minimum atomic E-state index is -1.21. The molecule has 2 rings (SSSR count). The van der Waals surface area contributed by atoms with Crippen molar-refractivity contribution in [2.75, 3.05) is 13.2 Å². The number of benzene rings is 1. The molecule has 0 aliphatic carbocycles. The number of amides is 2. The number of carbonyl (C=O) groups excluding carboxylic acids is 2. The van der Waals surface area contributed by atoms with E-state index in [1.54, 1.807) is 0 Å². The van der Waals surface area contributed by atoms with Crippen molar-refractivity contribution in [2.45, 2.75) is 12.8 Å². The highest BCUT2D eigenvalue weighted by Gasteiger charge is 2.22. The normalized spacial score (nSPS) is 13.7. The van der Waals surface area contributed by atoms with Crippen molar-refractivity contribution in [3.8, 4) is 11.5 Å². The van der Waals surface area contributed by atoms with Gasteiger partial charge in [-0.2, -0.15) is 0 Å². The Morgan fingerprint density at radius 1 is 1.14 bits per heavy atom. The predicted octanol–water partition coefficient (Wildman–Crippen LogP) is 1.17. The van der Waals surface area contributed by atoms with Gasteiger partial charge in [0.15, 0.2) is 0 Å². The first kappa shape index (κ1) is 15.6. The molecule has 0 bridgehead atoms. The van der Waals surface area contributed by atoms with E-state index in [-0.39, 0.29) is 23.1 Å². The third-order valence-electron chi connectivity index (χ3n) is 3.14. The number of imide groups is 1. The highest BCUT2D eigenvalue weighted by atomic mass is 16.5. The Morgan fingerprint density at radius 2 is 1.82 bits per heavy atom. The summed E-state index contributed by atoms with van der Waals surface area (Å²) < 4.78 is 5.38. The first-order chi connectivity index (χ1) is 10.5. The van der Waals surface area contributed by atoms with Crippen molar-refractivity contribution in [2.24, 2.45) is 0 Å². The van der Waals surface area contributed by atoms with Gasteiger partial charge in [0.2, 0.25) is 0 Å². The summed E-state index contributed by atoms with van der Waals surface area (Å²) in [5.74, 6) is -1.82. The van der Waals surface area contributed by atoms with Gasteiger partial charge in [-0.05, 0) is 25.0 Å². The molecule has 0 saturated carbocycles. The SMILES string of the molecule is O=C(O)c1ccc(OCCCCN2C(=O)C=CC2=O)cc1O. The molecule has 0 fully saturated rings. The first-order valence-corrected chi connectivity index (χ1v) is 6.71. The van der Waals surface area contributed by atoms with Gasteiger partial charge in [0.05, 0.1) is 6.61 Å². The van der Waals surface area contributed by atoms with Crippen LogP contribution in [0.4, 0.5) is 0 Å². The van der Waals surface area contributed by atoms with E-state index in [1.165, 1.54) is 30.4 Å². The van der Waals surface area contributed by atoms with Gasteiger partial charge in [-0.1, -0.05) is 0 Å². The topological polar surface area (TPSA) is 104 Å². The quantitative estimate of drug-likeness (QED) is 0.579. The zero-order chi connectivity index (χ0) is 16.1. The molecule has 2 N–H and O–H groups in total. The Morgan fingerprint density at radius 3 is 2.41 bits per heavy atom. The first-order valence-electron chi connectivity index (χ1n) is 6.71. The lowest BCUT2D eigenvalue weighted by Crippen LogP contribution is -2.31. The van der Waals surface area contributed by atoms with Gasteiger partial charge < -0.3 is 14.9 Å². The van der Waals surface area contributed by atoms with Crippen molar-refractivity contribution in [3.63, 3.8) is 0 Å². The smallest absolute Gasteiger partial charge is 0.339 e. The number of carboxylic acids is 1. The van der Waals surface area contributed by atoms with Crippen molar-refractivity contribution < 1.29 is 29.3 Å². The van der Waals surface area contributed by atoms with Crippen LogP contribution in [0.1, 0.15) is 23.2 Å². The highest BCUT2D eigenvalue weighted by molar-refractivity contribution is 6.12. The van der Waals surface area contributed by atoms with Crippen LogP contribution in [-0.4, -0.2) is 46.0 Å². The van der Waals surface area contributed by atoms with Crippen LogP contribution >= 0.6 is 0 Å². The summed E-state index contributed by atoms with van der Waals surface area (Å²) in [6.07, 6.45) is 3.69. The fraction of sp³-hybridized carbons (Fsp3) is 0.267. The number of hydrogen-bond donors (Lipinski definition) is 2. The zero-order valence-corrected chi connectivity index (χ0v) is 11.7. The van der Waals surface area contributed by atoms with Gasteiger partial charge in [0.1, 0.15) is 17.1 Å². The van der Waals surface area contributed by atoms with Crippen LogP contribution in [-0.2, 0) is 9.59 Å². The number of aromatic hydroxyl groups is 1.